The molecule has 3 unspecified atom stereocenters. The Morgan fingerprint density at radius 3 is 1.41 bits per heavy atom. The molecule has 0 spiro atoms. The van der Waals surface area contributed by atoms with Crippen molar-refractivity contribution in [1.29, 1.82) is 0 Å². The maximum atomic E-state index is 13.0. The van der Waals surface area contributed by atoms with Gasteiger partial charge in [0.2, 0.25) is 11.6 Å². The second-order valence-electron chi connectivity index (χ2n) is 24.8. The molecule has 10 aromatic rings. The van der Waals surface area contributed by atoms with E-state index in [0.29, 0.717) is 38.7 Å². The van der Waals surface area contributed by atoms with Gasteiger partial charge in [0, 0.05) is 86.2 Å². The third-order valence-corrected chi connectivity index (χ3v) is 18.6. The average Bonchev–Trinajstić information content (AvgIpc) is 1.62. The molecule has 0 radical (unpaired) electrons. The van der Waals surface area contributed by atoms with E-state index < -0.39 is 11.6 Å². The number of ether oxygens (including phenoxy) is 6. The molecule has 24 nitrogen and oxygen atoms in total. The maximum Gasteiger partial charge on any atom is 0.350 e. The van der Waals surface area contributed by atoms with E-state index in [9.17, 15) is 9.59 Å². The predicted molar refractivity (Wildman–Crippen MR) is 366 cm³/mol. The SMILES string of the molecule is CCC(C)n1nc(C)n(-c2ccc(N3CCN(c4ccc(OC[C@H]5CO[C@](Cn6nccn6)(c6ccccc6)O5)cc4)CC3)cc2)c1=O.CCC(C)n1ncn(-c2ccc(N3CCN(c4ccc(OC[C@@H]5O[C@@](Cn6nccn6)(c6ccccc6)OC5C)cc4)CC3)cc2)c1=O. The Morgan fingerprint density at radius 2 is 0.917 bits per heavy atom. The second kappa shape index (κ2) is 29.0. The monoisotopic (exact) mass is 1300 g/mol. The van der Waals surface area contributed by atoms with Crippen LogP contribution in [-0.4, -0.2) is 149 Å². The van der Waals surface area contributed by atoms with Crippen LogP contribution in [0.25, 0.3) is 11.4 Å². The summed E-state index contributed by atoms with van der Waals surface area (Å²) in [7, 11) is 0. The number of anilines is 4. The standard InChI is InChI=1S/2C36H42N8O4/c1-4-27(2)44-35(45)42(26-39-44)32-12-10-30(11-13-32)40-20-22-41(23-21-40)31-14-16-33(17-15-31)46-24-34-28(3)47-36(48-34,25-43-37-18-19-38-43)29-8-6-5-7-9-29;1-4-27(2)44-35(45)43(28(3)39-44)32-12-10-30(11-13-32)40-20-22-41(23-21-40)31-14-16-33(17-15-31)46-24-34-25-47-36(48-34,26-42-37-18-19-38-42)29-8-6-5-7-9-29/h5-19,26-28,34H,4,20-25H2,1-3H3;5-19,27,34H,4,20-26H2,1-3H3/t27?,28?,34-,36-;27?,34-,36-/m00/s1. The smallest absolute Gasteiger partial charge is 0.350 e. The molecular formula is C72H84N16O8. The fourth-order valence-electron chi connectivity index (χ4n) is 12.8. The molecule has 8 heterocycles. The molecule has 14 rings (SSSR count). The Morgan fingerprint density at radius 1 is 0.490 bits per heavy atom. The number of nitrogens with zero attached hydrogens (tertiary/aromatic N) is 16. The van der Waals surface area contributed by atoms with Crippen LogP contribution in [0.5, 0.6) is 11.5 Å². The molecule has 24 heteroatoms. The van der Waals surface area contributed by atoms with E-state index >= 15 is 0 Å². The molecule has 7 atom stereocenters. The lowest BCUT2D eigenvalue weighted by Crippen LogP contribution is -2.46. The molecule has 4 aliphatic rings. The average molecular weight is 1300 g/mol. The Hall–Kier alpha value is -9.88. The van der Waals surface area contributed by atoms with Crippen LogP contribution >= 0.6 is 0 Å². The minimum Gasteiger partial charge on any atom is -0.491 e. The van der Waals surface area contributed by atoms with Crippen molar-refractivity contribution in [3.63, 3.8) is 0 Å². The molecular weight excluding hydrogens is 1220 g/mol. The third kappa shape index (κ3) is 14.2. The number of hydrogen-bond donors (Lipinski definition) is 0. The van der Waals surface area contributed by atoms with Crippen LogP contribution in [0.3, 0.4) is 0 Å². The van der Waals surface area contributed by atoms with Gasteiger partial charge in [0.1, 0.15) is 62.2 Å². The van der Waals surface area contributed by atoms with Crippen LogP contribution < -0.4 is 40.5 Å². The van der Waals surface area contributed by atoms with E-state index in [1.54, 1.807) is 59.2 Å². The molecule has 0 amide bonds. The van der Waals surface area contributed by atoms with Crippen LogP contribution in [0.15, 0.2) is 198 Å². The van der Waals surface area contributed by atoms with Crippen molar-refractivity contribution in [3.8, 4) is 22.9 Å². The first-order chi connectivity index (χ1) is 46.8. The van der Waals surface area contributed by atoms with Gasteiger partial charge in [-0.3, -0.25) is 0 Å². The van der Waals surface area contributed by atoms with E-state index in [0.717, 1.165) is 111 Å². The number of piperazine rings is 2. The molecule has 4 aromatic heterocycles. The molecule has 0 saturated carbocycles. The summed E-state index contributed by atoms with van der Waals surface area (Å²) in [5.41, 5.74) is 7.93. The van der Waals surface area contributed by atoms with Gasteiger partial charge in [-0.15, -0.1) is 0 Å². The summed E-state index contributed by atoms with van der Waals surface area (Å²) in [6.07, 6.45) is 9.21. The number of aromatic nitrogens is 12. The zero-order chi connectivity index (χ0) is 66.2. The van der Waals surface area contributed by atoms with Gasteiger partial charge >= 0.3 is 11.4 Å². The summed E-state index contributed by atoms with van der Waals surface area (Å²) in [4.78, 5) is 38.5. The van der Waals surface area contributed by atoms with Crippen molar-refractivity contribution in [2.45, 2.75) is 109 Å². The van der Waals surface area contributed by atoms with Crippen molar-refractivity contribution < 1.29 is 28.4 Å². The third-order valence-electron chi connectivity index (χ3n) is 18.6. The van der Waals surface area contributed by atoms with E-state index in [4.69, 9.17) is 28.4 Å². The Kier molecular flexibility index (Phi) is 19.6. The van der Waals surface area contributed by atoms with E-state index in [2.05, 4.69) is 113 Å². The van der Waals surface area contributed by atoms with E-state index in [1.165, 1.54) is 11.4 Å². The minimum absolute atomic E-state index is 0.0663. The lowest BCUT2D eigenvalue weighted by molar-refractivity contribution is -0.198. The van der Waals surface area contributed by atoms with Gasteiger partial charge in [-0.05, 0) is 138 Å². The first-order valence-electron chi connectivity index (χ1n) is 33.3. The lowest BCUT2D eigenvalue weighted by atomic mass is 10.1. The minimum atomic E-state index is -1.00. The first kappa shape index (κ1) is 64.8. The van der Waals surface area contributed by atoms with Gasteiger partial charge in [0.05, 0.1) is 61.0 Å². The van der Waals surface area contributed by atoms with Crippen LogP contribution in [0.4, 0.5) is 22.7 Å². The van der Waals surface area contributed by atoms with Crippen molar-refractivity contribution in [1.82, 2.24) is 58.7 Å². The second-order valence-corrected chi connectivity index (χ2v) is 24.8. The van der Waals surface area contributed by atoms with Crippen LogP contribution in [-0.2, 0) is 43.6 Å². The van der Waals surface area contributed by atoms with Crippen molar-refractivity contribution in [2.24, 2.45) is 0 Å². The fourth-order valence-corrected chi connectivity index (χ4v) is 12.8. The fraction of sp³-hybridized carbons (Fsp3) is 0.389. The molecule has 4 fully saturated rings. The highest BCUT2D eigenvalue weighted by molar-refractivity contribution is 5.57. The Labute approximate surface area is 558 Å². The van der Waals surface area contributed by atoms with Crippen molar-refractivity contribution >= 4 is 22.7 Å². The highest BCUT2D eigenvalue weighted by Crippen LogP contribution is 2.40. The summed E-state index contributed by atoms with van der Waals surface area (Å²) in [6.45, 7) is 21.1. The van der Waals surface area contributed by atoms with Gasteiger partial charge in [-0.1, -0.05) is 74.5 Å². The number of hydrogen-bond acceptors (Lipinski definition) is 18. The van der Waals surface area contributed by atoms with Crippen molar-refractivity contribution in [2.75, 3.05) is 91.8 Å². The van der Waals surface area contributed by atoms with Gasteiger partial charge in [0.25, 0.3) is 0 Å². The number of aryl methyl sites for hydroxylation is 1. The number of rotatable bonds is 22. The lowest BCUT2D eigenvalue weighted by Gasteiger charge is -2.37. The summed E-state index contributed by atoms with van der Waals surface area (Å²) in [6, 6.07) is 52.9. The highest BCUT2D eigenvalue weighted by atomic mass is 16.8. The molecule has 500 valence electrons. The predicted octanol–water partition coefficient (Wildman–Crippen LogP) is 9.24. The normalized spacial score (nSPS) is 21.0. The Bertz CT molecular complexity index is 4190. The summed E-state index contributed by atoms with van der Waals surface area (Å²) in [5, 5.41) is 25.9. The molecule has 0 N–H and O–H groups in total. The van der Waals surface area contributed by atoms with Crippen LogP contribution in [0.2, 0.25) is 0 Å². The van der Waals surface area contributed by atoms with Crippen LogP contribution in [0, 0.1) is 6.92 Å². The quantitative estimate of drug-likeness (QED) is 0.0619. The first-order valence-corrected chi connectivity index (χ1v) is 33.3. The summed E-state index contributed by atoms with van der Waals surface area (Å²) in [5.74, 6) is 0.295. The molecule has 6 aromatic carbocycles. The highest BCUT2D eigenvalue weighted by Gasteiger charge is 2.49. The molecule has 0 bridgehead atoms. The Balaban J connectivity index is 0.000000174. The molecule has 4 aliphatic heterocycles. The molecule has 96 heavy (non-hydrogen) atoms. The van der Waals surface area contributed by atoms with Gasteiger partial charge in [-0.25, -0.2) is 28.1 Å². The van der Waals surface area contributed by atoms with Crippen molar-refractivity contribution in [3.05, 3.63) is 227 Å². The zero-order valence-electron chi connectivity index (χ0n) is 55.3. The van der Waals surface area contributed by atoms with E-state index in [-0.39, 0.29) is 41.8 Å². The molecule has 4 saturated heterocycles. The van der Waals surface area contributed by atoms with Gasteiger partial charge in [0.15, 0.2) is 0 Å². The zero-order valence-corrected chi connectivity index (χ0v) is 55.3. The summed E-state index contributed by atoms with van der Waals surface area (Å²) < 4.78 is 44.5. The molecule has 0 aliphatic carbocycles. The van der Waals surface area contributed by atoms with Gasteiger partial charge in [-0.2, -0.15) is 40.2 Å². The summed E-state index contributed by atoms with van der Waals surface area (Å²) >= 11 is 0. The number of benzene rings is 6. The van der Waals surface area contributed by atoms with E-state index in [1.807, 2.05) is 137 Å². The topological polar surface area (TPSA) is 209 Å². The largest absolute Gasteiger partial charge is 0.491 e. The maximum absolute atomic E-state index is 13.0. The van der Waals surface area contributed by atoms with Crippen LogP contribution in [0.1, 0.15) is 76.5 Å². The van der Waals surface area contributed by atoms with Gasteiger partial charge < -0.3 is 48.0 Å².